The summed E-state index contributed by atoms with van der Waals surface area (Å²) < 4.78 is 0. The SMILES string of the molecule is C1CC2CCC1C2.Cl. The van der Waals surface area contributed by atoms with Gasteiger partial charge >= 0.3 is 0 Å². The van der Waals surface area contributed by atoms with Crippen LogP contribution < -0.4 is 0 Å². The van der Waals surface area contributed by atoms with Gasteiger partial charge in [-0.3, -0.25) is 0 Å². The first-order valence-electron chi connectivity index (χ1n) is 3.45. The zero-order valence-electron chi connectivity index (χ0n) is 5.10. The van der Waals surface area contributed by atoms with Crippen LogP contribution in [0.5, 0.6) is 0 Å². The number of fused-ring (bicyclic) bond motifs is 2. The molecule has 0 nitrogen and oxygen atoms in total. The van der Waals surface area contributed by atoms with E-state index >= 15 is 0 Å². The van der Waals surface area contributed by atoms with Gasteiger partial charge in [-0.1, -0.05) is 25.7 Å². The highest BCUT2D eigenvalue weighted by Gasteiger charge is 2.30. The fraction of sp³-hybridized carbons (Fsp3) is 1.00. The molecule has 0 aromatic rings. The van der Waals surface area contributed by atoms with Gasteiger partial charge in [-0.15, -0.1) is 12.4 Å². The Morgan fingerprint density at radius 2 is 1.12 bits per heavy atom. The molecule has 0 heterocycles. The highest BCUT2D eigenvalue weighted by molar-refractivity contribution is 5.85. The molecular weight excluding hydrogens is 120 g/mol. The van der Waals surface area contributed by atoms with Gasteiger partial charge in [0, 0.05) is 0 Å². The van der Waals surface area contributed by atoms with Crippen molar-refractivity contribution < 1.29 is 0 Å². The number of hydrogen-bond donors (Lipinski definition) is 0. The maximum absolute atomic E-state index is 1.58. The van der Waals surface area contributed by atoms with Crippen molar-refractivity contribution in [2.24, 2.45) is 11.8 Å². The lowest BCUT2D eigenvalue weighted by Gasteiger charge is -2.05. The van der Waals surface area contributed by atoms with Crippen molar-refractivity contribution in [2.75, 3.05) is 0 Å². The minimum Gasteiger partial charge on any atom is -0.147 e. The number of halogens is 1. The topological polar surface area (TPSA) is 0 Å². The lowest BCUT2D eigenvalue weighted by atomic mass is 10.0. The average molecular weight is 133 g/mol. The second-order valence-electron chi connectivity index (χ2n) is 3.12. The Hall–Kier alpha value is 0.290. The van der Waals surface area contributed by atoms with Crippen molar-refractivity contribution in [3.63, 3.8) is 0 Å². The van der Waals surface area contributed by atoms with Crippen molar-refractivity contribution in [1.82, 2.24) is 0 Å². The maximum Gasteiger partial charge on any atom is -0.0411 e. The van der Waals surface area contributed by atoms with Crippen molar-refractivity contribution in [1.29, 1.82) is 0 Å². The van der Waals surface area contributed by atoms with E-state index in [0.29, 0.717) is 0 Å². The van der Waals surface area contributed by atoms with Crippen LogP contribution >= 0.6 is 12.4 Å². The minimum absolute atomic E-state index is 0. The number of rotatable bonds is 0. The molecule has 2 bridgehead atoms. The second-order valence-corrected chi connectivity index (χ2v) is 3.12. The van der Waals surface area contributed by atoms with E-state index in [1.165, 1.54) is 11.8 Å². The molecular formula is C7H13Cl. The van der Waals surface area contributed by atoms with Crippen molar-refractivity contribution in [3.8, 4) is 0 Å². The summed E-state index contributed by atoms with van der Waals surface area (Å²) in [5.74, 6) is 2.34. The fourth-order valence-corrected chi connectivity index (χ4v) is 2.17. The van der Waals surface area contributed by atoms with Gasteiger partial charge in [-0.25, -0.2) is 0 Å². The van der Waals surface area contributed by atoms with E-state index in [9.17, 15) is 0 Å². The summed E-state index contributed by atoms with van der Waals surface area (Å²) in [7, 11) is 0. The molecule has 2 aliphatic carbocycles. The Kier molecular flexibility index (Phi) is 1.81. The third-order valence-electron chi connectivity index (χ3n) is 2.63. The van der Waals surface area contributed by atoms with E-state index in [-0.39, 0.29) is 12.4 Å². The first-order valence-corrected chi connectivity index (χ1v) is 3.45. The van der Waals surface area contributed by atoms with Gasteiger partial charge in [0.05, 0.1) is 0 Å². The summed E-state index contributed by atoms with van der Waals surface area (Å²) in [5.41, 5.74) is 0. The molecule has 1 heteroatoms. The normalized spacial score (nSPS) is 42.0. The molecule has 0 saturated heterocycles. The Morgan fingerprint density at radius 3 is 1.25 bits per heavy atom. The summed E-state index contributed by atoms with van der Waals surface area (Å²) in [5, 5.41) is 0. The quantitative estimate of drug-likeness (QED) is 0.476. The van der Waals surface area contributed by atoms with Crippen LogP contribution in [0.2, 0.25) is 0 Å². The third kappa shape index (κ3) is 0.862. The summed E-state index contributed by atoms with van der Waals surface area (Å²) in [4.78, 5) is 0. The van der Waals surface area contributed by atoms with E-state index < -0.39 is 0 Å². The minimum atomic E-state index is 0. The predicted molar refractivity (Wildman–Crippen MR) is 37.3 cm³/mol. The van der Waals surface area contributed by atoms with Crippen LogP contribution in [0.4, 0.5) is 0 Å². The summed E-state index contributed by atoms with van der Waals surface area (Å²) in [6.07, 6.45) is 7.82. The number of hydrogen-bond acceptors (Lipinski definition) is 0. The molecule has 2 rings (SSSR count). The standard InChI is InChI=1S/C7H12.ClH/c1-2-7-4-3-6(1)5-7;/h6-7H,1-5H2;1H. The van der Waals surface area contributed by atoms with Crippen molar-refractivity contribution in [3.05, 3.63) is 0 Å². The molecule has 48 valence electrons. The molecule has 0 aliphatic heterocycles. The molecule has 2 fully saturated rings. The monoisotopic (exact) mass is 132 g/mol. The van der Waals surface area contributed by atoms with Gasteiger partial charge in [-0.2, -0.15) is 0 Å². The van der Waals surface area contributed by atoms with Gasteiger partial charge in [0.25, 0.3) is 0 Å². The fourth-order valence-electron chi connectivity index (χ4n) is 2.17. The highest BCUT2D eigenvalue weighted by atomic mass is 35.5. The second kappa shape index (κ2) is 2.26. The van der Waals surface area contributed by atoms with Crippen LogP contribution in [0.15, 0.2) is 0 Å². The van der Waals surface area contributed by atoms with Crippen LogP contribution in [0, 0.1) is 11.8 Å². The van der Waals surface area contributed by atoms with Crippen LogP contribution in [0.3, 0.4) is 0 Å². The first kappa shape index (κ1) is 6.41. The zero-order chi connectivity index (χ0) is 4.69. The molecule has 0 aromatic carbocycles. The van der Waals surface area contributed by atoms with Crippen molar-refractivity contribution in [2.45, 2.75) is 32.1 Å². The zero-order valence-corrected chi connectivity index (χ0v) is 5.91. The first-order chi connectivity index (χ1) is 3.45. The van der Waals surface area contributed by atoms with Crippen molar-refractivity contribution >= 4 is 12.4 Å². The Balaban J connectivity index is 0.000000320. The molecule has 0 spiro atoms. The van der Waals surface area contributed by atoms with Gasteiger partial charge in [0.15, 0.2) is 0 Å². The smallest absolute Gasteiger partial charge is 0.0411 e. The molecule has 2 saturated carbocycles. The van der Waals surface area contributed by atoms with E-state index in [2.05, 4.69) is 0 Å². The Bertz CT molecular complexity index is 62.5. The molecule has 8 heavy (non-hydrogen) atoms. The molecule has 0 unspecified atom stereocenters. The molecule has 0 N–H and O–H groups in total. The Morgan fingerprint density at radius 1 is 0.750 bits per heavy atom. The predicted octanol–water partition coefficient (Wildman–Crippen LogP) is 2.62. The van der Waals surface area contributed by atoms with Gasteiger partial charge in [-0.05, 0) is 18.3 Å². The van der Waals surface area contributed by atoms with E-state index in [4.69, 9.17) is 0 Å². The maximum atomic E-state index is 1.58. The van der Waals surface area contributed by atoms with Crippen LogP contribution in [0.25, 0.3) is 0 Å². The van der Waals surface area contributed by atoms with E-state index in [1.807, 2.05) is 0 Å². The third-order valence-corrected chi connectivity index (χ3v) is 2.63. The molecule has 0 aromatic heterocycles. The van der Waals surface area contributed by atoms with Crippen LogP contribution in [-0.2, 0) is 0 Å². The lowest BCUT2D eigenvalue weighted by molar-refractivity contribution is 0.480. The molecule has 0 radical (unpaired) electrons. The molecule has 0 atom stereocenters. The van der Waals surface area contributed by atoms with Crippen LogP contribution in [-0.4, -0.2) is 0 Å². The van der Waals surface area contributed by atoms with E-state index in [1.54, 1.807) is 32.1 Å². The summed E-state index contributed by atoms with van der Waals surface area (Å²) in [6.45, 7) is 0. The van der Waals surface area contributed by atoms with Crippen LogP contribution in [0.1, 0.15) is 32.1 Å². The summed E-state index contributed by atoms with van der Waals surface area (Å²) >= 11 is 0. The lowest BCUT2D eigenvalue weighted by Crippen LogP contribution is -1.90. The molecule has 0 amide bonds. The largest absolute Gasteiger partial charge is 0.147 e. The summed E-state index contributed by atoms with van der Waals surface area (Å²) in [6, 6.07) is 0. The van der Waals surface area contributed by atoms with Gasteiger partial charge in [0.2, 0.25) is 0 Å². The van der Waals surface area contributed by atoms with Gasteiger partial charge < -0.3 is 0 Å². The Labute approximate surface area is 57.1 Å². The highest BCUT2D eigenvalue weighted by Crippen LogP contribution is 2.43. The van der Waals surface area contributed by atoms with E-state index in [0.717, 1.165) is 0 Å². The average Bonchev–Trinajstić information content (AvgIpc) is 2.22. The van der Waals surface area contributed by atoms with Gasteiger partial charge in [0.1, 0.15) is 0 Å². The molecule has 2 aliphatic rings.